The Kier molecular flexibility index (Phi) is 5.45. The van der Waals surface area contributed by atoms with Gasteiger partial charge in [0.1, 0.15) is 4.90 Å². The molecule has 0 aliphatic carbocycles. The maximum absolute atomic E-state index is 12.6. The summed E-state index contributed by atoms with van der Waals surface area (Å²) in [4.78, 5) is 16.8. The SMILES string of the molecule is CC1CCCCN1C(=O)CN1CCN(S(=O)(=O)c2cnn(C)c2)CC1. The Morgan fingerprint density at radius 3 is 2.52 bits per heavy atom. The first kappa shape index (κ1) is 18.3. The minimum atomic E-state index is -3.49. The predicted octanol–water partition coefficient (Wildman–Crippen LogP) is 0.127. The van der Waals surface area contributed by atoms with E-state index in [9.17, 15) is 13.2 Å². The van der Waals surface area contributed by atoms with Crippen molar-refractivity contribution in [2.24, 2.45) is 7.05 Å². The number of hydrogen-bond donors (Lipinski definition) is 0. The quantitative estimate of drug-likeness (QED) is 0.754. The van der Waals surface area contributed by atoms with Crippen molar-refractivity contribution in [2.75, 3.05) is 39.3 Å². The molecule has 0 aromatic carbocycles. The number of aromatic nitrogens is 2. The third kappa shape index (κ3) is 4.04. The summed E-state index contributed by atoms with van der Waals surface area (Å²) in [5.41, 5.74) is 0. The zero-order valence-corrected chi connectivity index (χ0v) is 15.8. The van der Waals surface area contributed by atoms with Crippen molar-refractivity contribution >= 4 is 15.9 Å². The van der Waals surface area contributed by atoms with E-state index in [0.717, 1.165) is 19.4 Å². The molecule has 3 heterocycles. The second-order valence-electron chi connectivity index (χ2n) is 6.96. The van der Waals surface area contributed by atoms with Gasteiger partial charge in [-0.15, -0.1) is 0 Å². The van der Waals surface area contributed by atoms with Crippen LogP contribution in [-0.4, -0.2) is 83.5 Å². The highest BCUT2D eigenvalue weighted by molar-refractivity contribution is 7.89. The molecule has 1 aromatic rings. The van der Waals surface area contributed by atoms with Crippen molar-refractivity contribution in [1.29, 1.82) is 0 Å². The molecule has 2 aliphatic rings. The molecular weight excluding hydrogens is 342 g/mol. The maximum Gasteiger partial charge on any atom is 0.246 e. The lowest BCUT2D eigenvalue weighted by Crippen LogP contribution is -2.53. The number of piperazine rings is 1. The van der Waals surface area contributed by atoms with Gasteiger partial charge >= 0.3 is 0 Å². The van der Waals surface area contributed by atoms with Crippen LogP contribution in [0.2, 0.25) is 0 Å². The lowest BCUT2D eigenvalue weighted by molar-refractivity contribution is -0.135. The Balaban J connectivity index is 1.54. The highest BCUT2D eigenvalue weighted by Gasteiger charge is 2.31. The van der Waals surface area contributed by atoms with Gasteiger partial charge in [0.2, 0.25) is 15.9 Å². The van der Waals surface area contributed by atoms with Gasteiger partial charge in [-0.3, -0.25) is 14.4 Å². The second kappa shape index (κ2) is 7.43. The minimum Gasteiger partial charge on any atom is -0.339 e. The third-order valence-electron chi connectivity index (χ3n) is 5.13. The van der Waals surface area contributed by atoms with E-state index in [2.05, 4.69) is 16.9 Å². The highest BCUT2D eigenvalue weighted by atomic mass is 32.2. The first-order valence-corrected chi connectivity index (χ1v) is 10.3. The van der Waals surface area contributed by atoms with E-state index in [1.165, 1.54) is 27.8 Å². The Labute approximate surface area is 149 Å². The highest BCUT2D eigenvalue weighted by Crippen LogP contribution is 2.19. The van der Waals surface area contributed by atoms with Crippen molar-refractivity contribution in [3.63, 3.8) is 0 Å². The Morgan fingerprint density at radius 2 is 1.92 bits per heavy atom. The molecular formula is C16H27N5O3S. The number of hydrogen-bond acceptors (Lipinski definition) is 5. The number of carbonyl (C=O) groups excluding carboxylic acids is 1. The zero-order chi connectivity index (χ0) is 18.0. The molecule has 0 spiro atoms. The number of nitrogens with zero attached hydrogens (tertiary/aromatic N) is 5. The van der Waals surface area contributed by atoms with Crippen LogP contribution in [0.4, 0.5) is 0 Å². The van der Waals surface area contributed by atoms with E-state index >= 15 is 0 Å². The van der Waals surface area contributed by atoms with E-state index < -0.39 is 10.0 Å². The van der Waals surface area contributed by atoms with Crippen molar-refractivity contribution in [3.05, 3.63) is 12.4 Å². The smallest absolute Gasteiger partial charge is 0.246 e. The molecule has 0 radical (unpaired) electrons. The van der Waals surface area contributed by atoms with Crippen LogP contribution in [0.5, 0.6) is 0 Å². The Hall–Kier alpha value is -1.45. The molecule has 0 saturated carbocycles. The normalized spacial score (nSPS) is 23.8. The fraction of sp³-hybridized carbons (Fsp3) is 0.750. The zero-order valence-electron chi connectivity index (χ0n) is 15.0. The molecule has 1 unspecified atom stereocenters. The summed E-state index contributed by atoms with van der Waals surface area (Å²) >= 11 is 0. The maximum atomic E-state index is 12.6. The first-order chi connectivity index (χ1) is 11.9. The largest absolute Gasteiger partial charge is 0.339 e. The first-order valence-electron chi connectivity index (χ1n) is 8.88. The molecule has 3 rings (SSSR count). The summed E-state index contributed by atoms with van der Waals surface area (Å²) in [6.45, 7) is 5.29. The average Bonchev–Trinajstić information content (AvgIpc) is 3.03. The van der Waals surface area contributed by atoms with Crippen LogP contribution in [-0.2, 0) is 21.9 Å². The summed E-state index contributed by atoms with van der Waals surface area (Å²) in [7, 11) is -1.80. The van der Waals surface area contributed by atoms with Gasteiger partial charge in [0.15, 0.2) is 0 Å². The number of likely N-dealkylation sites (tertiary alicyclic amines) is 1. The van der Waals surface area contributed by atoms with Crippen molar-refractivity contribution < 1.29 is 13.2 Å². The monoisotopic (exact) mass is 369 g/mol. The standard InChI is InChI=1S/C16H27N5O3S/c1-14-5-3-4-6-21(14)16(22)13-19-7-9-20(10-8-19)25(23,24)15-11-17-18(2)12-15/h11-12,14H,3-10,13H2,1-2H3. The number of carbonyl (C=O) groups is 1. The molecule has 140 valence electrons. The lowest BCUT2D eigenvalue weighted by atomic mass is 10.0. The topological polar surface area (TPSA) is 78.8 Å². The molecule has 8 nitrogen and oxygen atoms in total. The Morgan fingerprint density at radius 1 is 1.20 bits per heavy atom. The van der Waals surface area contributed by atoms with Crippen LogP contribution in [0.3, 0.4) is 0 Å². The van der Waals surface area contributed by atoms with Crippen LogP contribution in [0.25, 0.3) is 0 Å². The average molecular weight is 369 g/mol. The number of piperidine rings is 1. The summed E-state index contributed by atoms with van der Waals surface area (Å²) < 4.78 is 28.2. The fourth-order valence-corrected chi connectivity index (χ4v) is 4.97. The van der Waals surface area contributed by atoms with Crippen LogP contribution in [0, 0.1) is 0 Å². The number of sulfonamides is 1. The van der Waals surface area contributed by atoms with Crippen molar-refractivity contribution in [1.82, 2.24) is 23.9 Å². The van der Waals surface area contributed by atoms with Gasteiger partial charge in [0.25, 0.3) is 0 Å². The lowest BCUT2D eigenvalue weighted by Gasteiger charge is -2.37. The number of aryl methyl sites for hydroxylation is 1. The number of rotatable bonds is 4. The van der Waals surface area contributed by atoms with Gasteiger partial charge in [0, 0.05) is 52.0 Å². The molecule has 9 heteroatoms. The van der Waals surface area contributed by atoms with Gasteiger partial charge < -0.3 is 4.90 Å². The Bertz CT molecular complexity index is 709. The summed E-state index contributed by atoms with van der Waals surface area (Å²) in [5, 5.41) is 3.94. The molecule has 0 N–H and O–H groups in total. The van der Waals surface area contributed by atoms with E-state index in [1.54, 1.807) is 7.05 Å². The molecule has 1 atom stereocenters. The van der Waals surface area contributed by atoms with E-state index in [0.29, 0.717) is 38.8 Å². The molecule has 2 aliphatic heterocycles. The van der Waals surface area contributed by atoms with Gasteiger partial charge in [-0.25, -0.2) is 8.42 Å². The molecule has 2 saturated heterocycles. The molecule has 2 fully saturated rings. The molecule has 1 amide bonds. The predicted molar refractivity (Wildman–Crippen MR) is 93.4 cm³/mol. The van der Waals surface area contributed by atoms with Crippen molar-refractivity contribution in [2.45, 2.75) is 37.1 Å². The van der Waals surface area contributed by atoms with Crippen LogP contribution < -0.4 is 0 Å². The summed E-state index contributed by atoms with van der Waals surface area (Å²) in [6, 6.07) is 0.313. The van der Waals surface area contributed by atoms with Crippen LogP contribution >= 0.6 is 0 Å². The van der Waals surface area contributed by atoms with Gasteiger partial charge in [0.05, 0.1) is 12.7 Å². The fourth-order valence-electron chi connectivity index (χ4n) is 3.56. The summed E-state index contributed by atoms with van der Waals surface area (Å²) in [5.74, 6) is 0.163. The third-order valence-corrected chi connectivity index (χ3v) is 6.98. The number of amides is 1. The van der Waals surface area contributed by atoms with Gasteiger partial charge in [-0.1, -0.05) is 0 Å². The molecule has 1 aromatic heterocycles. The van der Waals surface area contributed by atoms with Crippen molar-refractivity contribution in [3.8, 4) is 0 Å². The van der Waals surface area contributed by atoms with Crippen LogP contribution in [0.1, 0.15) is 26.2 Å². The van der Waals surface area contributed by atoms with Gasteiger partial charge in [-0.05, 0) is 26.2 Å². The molecule has 0 bridgehead atoms. The minimum absolute atomic E-state index is 0.163. The second-order valence-corrected chi connectivity index (χ2v) is 8.90. The van der Waals surface area contributed by atoms with Crippen LogP contribution in [0.15, 0.2) is 17.3 Å². The van der Waals surface area contributed by atoms with E-state index in [1.807, 2.05) is 4.90 Å². The van der Waals surface area contributed by atoms with E-state index in [4.69, 9.17) is 0 Å². The van der Waals surface area contributed by atoms with Gasteiger partial charge in [-0.2, -0.15) is 9.40 Å². The van der Waals surface area contributed by atoms with E-state index in [-0.39, 0.29) is 10.8 Å². The molecule has 25 heavy (non-hydrogen) atoms. The summed E-state index contributed by atoms with van der Waals surface area (Å²) in [6.07, 6.45) is 6.23.